The van der Waals surface area contributed by atoms with Crippen LogP contribution in [0.2, 0.25) is 0 Å². The van der Waals surface area contributed by atoms with Crippen molar-refractivity contribution in [2.75, 3.05) is 33.3 Å². The number of nitrogens with one attached hydrogen (secondary N) is 1. The lowest BCUT2D eigenvalue weighted by molar-refractivity contribution is 0.0761. The summed E-state index contributed by atoms with van der Waals surface area (Å²) in [4.78, 5) is 21.4. The zero-order chi connectivity index (χ0) is 17.6. The topological polar surface area (TPSA) is 74.4 Å². The fraction of sp³-hybridized carbons (Fsp3) is 0.500. The van der Waals surface area contributed by atoms with Crippen LogP contribution in [-0.2, 0) is 13.0 Å². The van der Waals surface area contributed by atoms with Crippen molar-refractivity contribution in [3.63, 3.8) is 0 Å². The number of H-pyrrole nitrogens is 1. The molecule has 25 heavy (non-hydrogen) atoms. The summed E-state index contributed by atoms with van der Waals surface area (Å²) in [6.45, 7) is 6.08. The summed E-state index contributed by atoms with van der Waals surface area (Å²) in [5.74, 6) is 2.59. The van der Waals surface area contributed by atoms with Crippen LogP contribution in [0, 0.1) is 0 Å². The maximum atomic E-state index is 12.7. The summed E-state index contributed by atoms with van der Waals surface area (Å²) in [6, 6.07) is 7.30. The SMILES string of the molecule is CCc1n[nH]c(CN2CCCN(C(=O)c3ccc(OC)cc3)CC2)n1. The zero-order valence-corrected chi connectivity index (χ0v) is 14.9. The first kappa shape index (κ1) is 17.4. The number of hydrogen-bond donors (Lipinski definition) is 1. The van der Waals surface area contributed by atoms with Crippen LogP contribution < -0.4 is 4.74 Å². The second-order valence-electron chi connectivity index (χ2n) is 6.20. The van der Waals surface area contributed by atoms with E-state index in [-0.39, 0.29) is 5.91 Å². The van der Waals surface area contributed by atoms with Crippen LogP contribution in [0.15, 0.2) is 24.3 Å². The van der Waals surface area contributed by atoms with Gasteiger partial charge in [-0.05, 0) is 30.7 Å². The van der Waals surface area contributed by atoms with E-state index in [9.17, 15) is 4.79 Å². The van der Waals surface area contributed by atoms with Gasteiger partial charge in [0.1, 0.15) is 17.4 Å². The Kier molecular flexibility index (Phi) is 5.65. The number of hydrogen-bond acceptors (Lipinski definition) is 5. The highest BCUT2D eigenvalue weighted by Gasteiger charge is 2.21. The summed E-state index contributed by atoms with van der Waals surface area (Å²) >= 11 is 0. The van der Waals surface area contributed by atoms with Crippen molar-refractivity contribution in [1.29, 1.82) is 0 Å². The van der Waals surface area contributed by atoms with Gasteiger partial charge in [0.05, 0.1) is 13.7 Å². The lowest BCUT2D eigenvalue weighted by Gasteiger charge is -2.21. The number of carbonyl (C=O) groups excluding carboxylic acids is 1. The summed E-state index contributed by atoms with van der Waals surface area (Å²) in [5.41, 5.74) is 0.706. The van der Waals surface area contributed by atoms with Crippen LogP contribution in [0.4, 0.5) is 0 Å². The van der Waals surface area contributed by atoms with Crippen molar-refractivity contribution in [3.8, 4) is 5.75 Å². The molecule has 3 rings (SSSR count). The Hall–Kier alpha value is -2.41. The van der Waals surface area contributed by atoms with E-state index in [1.165, 1.54) is 0 Å². The van der Waals surface area contributed by atoms with Gasteiger partial charge in [0.2, 0.25) is 0 Å². The molecule has 0 radical (unpaired) electrons. The molecule has 1 aromatic heterocycles. The standard InChI is InChI=1S/C18H25N5O2/c1-3-16-19-17(21-20-16)13-22-9-4-10-23(12-11-22)18(24)14-5-7-15(25-2)8-6-14/h5-8H,3-4,9-13H2,1-2H3,(H,19,20,21). The predicted molar refractivity (Wildman–Crippen MR) is 94.6 cm³/mol. The molecule has 0 spiro atoms. The minimum absolute atomic E-state index is 0.0810. The van der Waals surface area contributed by atoms with Gasteiger partial charge in [0.15, 0.2) is 0 Å². The van der Waals surface area contributed by atoms with E-state index >= 15 is 0 Å². The van der Waals surface area contributed by atoms with Gasteiger partial charge in [0.25, 0.3) is 5.91 Å². The number of aryl methyl sites for hydroxylation is 1. The maximum absolute atomic E-state index is 12.7. The highest BCUT2D eigenvalue weighted by atomic mass is 16.5. The number of rotatable bonds is 5. The number of methoxy groups -OCH3 is 1. The number of aromatic amines is 1. The largest absolute Gasteiger partial charge is 0.497 e. The van der Waals surface area contributed by atoms with E-state index in [4.69, 9.17) is 4.74 Å². The molecule has 0 bridgehead atoms. The van der Waals surface area contributed by atoms with E-state index in [0.717, 1.165) is 63.0 Å². The molecule has 134 valence electrons. The molecular weight excluding hydrogens is 318 g/mol. The average molecular weight is 343 g/mol. The molecule has 7 heteroatoms. The zero-order valence-electron chi connectivity index (χ0n) is 14.9. The molecule has 1 saturated heterocycles. The number of amides is 1. The van der Waals surface area contributed by atoms with Crippen molar-refractivity contribution in [3.05, 3.63) is 41.5 Å². The molecule has 1 aliphatic heterocycles. The Morgan fingerprint density at radius 3 is 2.68 bits per heavy atom. The van der Waals surface area contributed by atoms with E-state index in [0.29, 0.717) is 5.56 Å². The number of carbonyl (C=O) groups is 1. The van der Waals surface area contributed by atoms with Crippen LogP contribution in [0.1, 0.15) is 35.4 Å². The first-order valence-electron chi connectivity index (χ1n) is 8.75. The van der Waals surface area contributed by atoms with Gasteiger partial charge < -0.3 is 9.64 Å². The molecule has 1 N–H and O–H groups in total. The monoisotopic (exact) mass is 343 g/mol. The van der Waals surface area contributed by atoms with Gasteiger partial charge >= 0.3 is 0 Å². The third-order valence-corrected chi connectivity index (χ3v) is 4.48. The van der Waals surface area contributed by atoms with Gasteiger partial charge in [-0.15, -0.1) is 0 Å². The third kappa shape index (κ3) is 4.36. The Morgan fingerprint density at radius 1 is 1.20 bits per heavy atom. The molecule has 1 aromatic carbocycles. The van der Waals surface area contributed by atoms with Gasteiger partial charge in [-0.3, -0.25) is 14.8 Å². The fourth-order valence-electron chi connectivity index (χ4n) is 3.02. The molecule has 2 aromatic rings. The summed E-state index contributed by atoms with van der Waals surface area (Å²) in [5, 5.41) is 7.18. The molecule has 7 nitrogen and oxygen atoms in total. The number of benzene rings is 1. The van der Waals surface area contributed by atoms with E-state index in [2.05, 4.69) is 20.1 Å². The Balaban J connectivity index is 1.57. The lowest BCUT2D eigenvalue weighted by atomic mass is 10.2. The number of aromatic nitrogens is 3. The average Bonchev–Trinajstić information content (AvgIpc) is 2.98. The lowest BCUT2D eigenvalue weighted by Crippen LogP contribution is -2.35. The van der Waals surface area contributed by atoms with Crippen molar-refractivity contribution in [2.24, 2.45) is 0 Å². The molecule has 1 amide bonds. The van der Waals surface area contributed by atoms with Crippen molar-refractivity contribution in [2.45, 2.75) is 26.3 Å². The number of nitrogens with zero attached hydrogens (tertiary/aromatic N) is 4. The van der Waals surface area contributed by atoms with Crippen molar-refractivity contribution >= 4 is 5.91 Å². The van der Waals surface area contributed by atoms with Gasteiger partial charge in [0, 0.05) is 38.2 Å². The van der Waals surface area contributed by atoms with Crippen LogP contribution in [0.25, 0.3) is 0 Å². The molecule has 0 atom stereocenters. The molecule has 0 aliphatic carbocycles. The normalized spacial score (nSPS) is 15.8. The van der Waals surface area contributed by atoms with Crippen molar-refractivity contribution < 1.29 is 9.53 Å². The summed E-state index contributed by atoms with van der Waals surface area (Å²) in [7, 11) is 1.62. The van der Waals surface area contributed by atoms with E-state index in [1.807, 2.05) is 36.1 Å². The van der Waals surface area contributed by atoms with Gasteiger partial charge in [-0.25, -0.2) is 4.98 Å². The highest BCUT2D eigenvalue weighted by Crippen LogP contribution is 2.15. The fourth-order valence-corrected chi connectivity index (χ4v) is 3.02. The first-order valence-corrected chi connectivity index (χ1v) is 8.75. The van der Waals surface area contributed by atoms with Crippen LogP contribution in [0.3, 0.4) is 0 Å². The molecule has 0 unspecified atom stereocenters. The molecule has 0 saturated carbocycles. The summed E-state index contributed by atoms with van der Waals surface area (Å²) in [6.07, 6.45) is 1.79. The predicted octanol–water partition coefficient (Wildman–Crippen LogP) is 1.72. The van der Waals surface area contributed by atoms with E-state index in [1.54, 1.807) is 7.11 Å². The summed E-state index contributed by atoms with van der Waals surface area (Å²) < 4.78 is 5.15. The van der Waals surface area contributed by atoms with E-state index < -0.39 is 0 Å². The van der Waals surface area contributed by atoms with Crippen LogP contribution in [0.5, 0.6) is 5.75 Å². The third-order valence-electron chi connectivity index (χ3n) is 4.48. The smallest absolute Gasteiger partial charge is 0.253 e. The molecular formula is C18H25N5O2. The Bertz CT molecular complexity index is 698. The van der Waals surface area contributed by atoms with Gasteiger partial charge in [-0.2, -0.15) is 5.10 Å². The second kappa shape index (κ2) is 8.11. The van der Waals surface area contributed by atoms with Gasteiger partial charge in [-0.1, -0.05) is 6.92 Å². The van der Waals surface area contributed by atoms with Crippen LogP contribution in [-0.4, -0.2) is 64.2 Å². The first-order chi connectivity index (χ1) is 12.2. The quantitative estimate of drug-likeness (QED) is 0.895. The highest BCUT2D eigenvalue weighted by molar-refractivity contribution is 5.94. The second-order valence-corrected chi connectivity index (χ2v) is 6.20. The Morgan fingerprint density at radius 2 is 2.00 bits per heavy atom. The van der Waals surface area contributed by atoms with Crippen LogP contribution >= 0.6 is 0 Å². The number of ether oxygens (including phenoxy) is 1. The maximum Gasteiger partial charge on any atom is 0.253 e. The molecule has 1 aliphatic rings. The van der Waals surface area contributed by atoms with Crippen molar-refractivity contribution in [1.82, 2.24) is 25.0 Å². The molecule has 1 fully saturated rings. The minimum Gasteiger partial charge on any atom is -0.497 e. The Labute approximate surface area is 148 Å². The minimum atomic E-state index is 0.0810. The molecule has 2 heterocycles.